The number of allylic oxidation sites excluding steroid dienone is 2. The van der Waals surface area contributed by atoms with Crippen LogP contribution in [0.2, 0.25) is 0 Å². The van der Waals surface area contributed by atoms with Gasteiger partial charge in [-0.05, 0) is 77.5 Å². The van der Waals surface area contributed by atoms with Gasteiger partial charge in [-0.25, -0.2) is 0 Å². The van der Waals surface area contributed by atoms with Crippen molar-refractivity contribution < 1.29 is 24.2 Å². The summed E-state index contributed by atoms with van der Waals surface area (Å²) in [5, 5.41) is 13.1. The highest BCUT2D eigenvalue weighted by atomic mass is 79.9. The SMILES string of the molecule is COc1cc(C2CC(=O)NC3=C2C(=O)CC(c2ccc(OC(C)C)cc2)C3)cc(Br)c1O. The molecular formula is C25H26BrNO5. The summed E-state index contributed by atoms with van der Waals surface area (Å²) >= 11 is 3.34. The zero-order valence-corrected chi connectivity index (χ0v) is 19.9. The number of ketones is 1. The lowest BCUT2D eigenvalue weighted by molar-refractivity contribution is -0.122. The van der Waals surface area contributed by atoms with Crippen molar-refractivity contribution >= 4 is 27.6 Å². The lowest BCUT2D eigenvalue weighted by Crippen LogP contribution is -2.38. The van der Waals surface area contributed by atoms with E-state index in [1.807, 2.05) is 38.1 Å². The van der Waals surface area contributed by atoms with E-state index in [1.165, 1.54) is 7.11 Å². The van der Waals surface area contributed by atoms with Gasteiger partial charge in [0, 0.05) is 30.0 Å². The molecule has 2 aromatic rings. The molecule has 4 rings (SSSR count). The predicted octanol–water partition coefficient (Wildman–Crippen LogP) is 4.95. The van der Waals surface area contributed by atoms with Crippen LogP contribution in [0.25, 0.3) is 0 Å². The van der Waals surface area contributed by atoms with E-state index in [0.29, 0.717) is 34.3 Å². The van der Waals surface area contributed by atoms with Crippen LogP contribution in [0.3, 0.4) is 0 Å². The van der Waals surface area contributed by atoms with Gasteiger partial charge >= 0.3 is 0 Å². The molecule has 0 spiro atoms. The normalized spacial score (nSPS) is 20.8. The van der Waals surface area contributed by atoms with Crippen LogP contribution in [-0.4, -0.2) is 30.0 Å². The zero-order valence-electron chi connectivity index (χ0n) is 18.3. The quantitative estimate of drug-likeness (QED) is 0.607. The fraction of sp³-hybridized carbons (Fsp3) is 0.360. The van der Waals surface area contributed by atoms with Gasteiger partial charge in [0.15, 0.2) is 17.3 Å². The number of ether oxygens (including phenoxy) is 2. The number of carbonyl (C=O) groups is 2. The van der Waals surface area contributed by atoms with E-state index in [0.717, 1.165) is 16.9 Å². The van der Waals surface area contributed by atoms with Gasteiger partial charge < -0.3 is 19.9 Å². The van der Waals surface area contributed by atoms with E-state index in [2.05, 4.69) is 21.2 Å². The topological polar surface area (TPSA) is 84.9 Å². The van der Waals surface area contributed by atoms with Crippen molar-refractivity contribution in [3.05, 3.63) is 63.3 Å². The molecule has 0 saturated heterocycles. The van der Waals surface area contributed by atoms with Crippen LogP contribution >= 0.6 is 15.9 Å². The van der Waals surface area contributed by atoms with E-state index in [-0.39, 0.29) is 41.8 Å². The molecule has 1 amide bonds. The lowest BCUT2D eigenvalue weighted by Gasteiger charge is -2.34. The smallest absolute Gasteiger partial charge is 0.225 e. The molecule has 0 fully saturated rings. The molecule has 2 aromatic carbocycles. The highest BCUT2D eigenvalue weighted by Crippen LogP contribution is 2.45. The number of hydrogen-bond donors (Lipinski definition) is 2. The van der Waals surface area contributed by atoms with Crippen molar-refractivity contribution in [2.24, 2.45) is 0 Å². The number of phenolic OH excluding ortho intramolecular Hbond substituents is 1. The number of halogens is 1. The standard InChI is InChI=1S/C25H26BrNO5/c1-13(2)32-17-6-4-14(5-7-17)15-9-20-24(21(28)10-15)18(12-23(29)27-20)16-8-19(26)25(30)22(11-16)31-3/h4-8,11,13,15,18,30H,9-10,12H2,1-3H3,(H,27,29). The van der Waals surface area contributed by atoms with Crippen LogP contribution in [-0.2, 0) is 9.59 Å². The van der Waals surface area contributed by atoms with Gasteiger partial charge in [0.25, 0.3) is 0 Å². The number of aromatic hydroxyl groups is 1. The Morgan fingerprint density at radius 1 is 1.06 bits per heavy atom. The fourth-order valence-electron chi connectivity index (χ4n) is 4.52. The minimum atomic E-state index is -0.375. The monoisotopic (exact) mass is 499 g/mol. The largest absolute Gasteiger partial charge is 0.503 e. The Kier molecular flexibility index (Phi) is 6.29. The van der Waals surface area contributed by atoms with Gasteiger partial charge in [0.1, 0.15) is 5.75 Å². The van der Waals surface area contributed by atoms with Gasteiger partial charge in [0.2, 0.25) is 5.91 Å². The highest BCUT2D eigenvalue weighted by molar-refractivity contribution is 9.10. The van der Waals surface area contributed by atoms with E-state index < -0.39 is 0 Å². The maximum atomic E-state index is 13.3. The Hall–Kier alpha value is -2.80. The van der Waals surface area contributed by atoms with Gasteiger partial charge in [-0.3, -0.25) is 9.59 Å². The first kappa shape index (κ1) is 22.4. The van der Waals surface area contributed by atoms with Crippen LogP contribution in [0.15, 0.2) is 52.1 Å². The molecule has 2 aliphatic rings. The number of carbonyl (C=O) groups excluding carboxylic acids is 2. The number of phenols is 1. The molecule has 1 aliphatic carbocycles. The molecule has 0 bridgehead atoms. The maximum absolute atomic E-state index is 13.3. The van der Waals surface area contributed by atoms with Crippen LogP contribution in [0, 0.1) is 0 Å². The molecule has 2 N–H and O–H groups in total. The van der Waals surface area contributed by atoms with Crippen molar-refractivity contribution in [1.82, 2.24) is 5.32 Å². The average Bonchev–Trinajstić information content (AvgIpc) is 2.74. The van der Waals surface area contributed by atoms with Crippen molar-refractivity contribution in [1.29, 1.82) is 0 Å². The Bertz CT molecular complexity index is 1090. The van der Waals surface area contributed by atoms with Crippen LogP contribution < -0.4 is 14.8 Å². The van der Waals surface area contributed by atoms with Gasteiger partial charge in [-0.15, -0.1) is 0 Å². The Balaban J connectivity index is 1.66. The third-order valence-corrected chi connectivity index (χ3v) is 6.54. The van der Waals surface area contributed by atoms with E-state index >= 15 is 0 Å². The predicted molar refractivity (Wildman–Crippen MR) is 124 cm³/mol. The summed E-state index contributed by atoms with van der Waals surface area (Å²) in [6.45, 7) is 3.96. The molecule has 1 aliphatic heterocycles. The maximum Gasteiger partial charge on any atom is 0.225 e. The third-order valence-electron chi connectivity index (χ3n) is 5.93. The third kappa shape index (κ3) is 4.39. The van der Waals surface area contributed by atoms with Crippen molar-refractivity contribution in [3.8, 4) is 17.2 Å². The molecule has 32 heavy (non-hydrogen) atoms. The van der Waals surface area contributed by atoms with Crippen LogP contribution in [0.4, 0.5) is 0 Å². The number of Topliss-reactive ketones (excluding diaryl/α,β-unsaturated/α-hetero) is 1. The second-order valence-electron chi connectivity index (χ2n) is 8.51. The van der Waals surface area contributed by atoms with E-state index in [9.17, 15) is 14.7 Å². The molecule has 168 valence electrons. The molecule has 2 atom stereocenters. The number of amides is 1. The van der Waals surface area contributed by atoms with Gasteiger partial charge in [-0.1, -0.05) is 12.1 Å². The number of methoxy groups -OCH3 is 1. The molecule has 6 nitrogen and oxygen atoms in total. The van der Waals surface area contributed by atoms with Crippen molar-refractivity contribution in [3.63, 3.8) is 0 Å². The molecule has 7 heteroatoms. The Morgan fingerprint density at radius 3 is 2.44 bits per heavy atom. The van der Waals surface area contributed by atoms with Crippen molar-refractivity contribution in [2.75, 3.05) is 7.11 Å². The van der Waals surface area contributed by atoms with E-state index in [1.54, 1.807) is 12.1 Å². The van der Waals surface area contributed by atoms with Crippen LogP contribution in [0.5, 0.6) is 17.2 Å². The highest BCUT2D eigenvalue weighted by Gasteiger charge is 2.38. The second kappa shape index (κ2) is 8.98. The first-order chi connectivity index (χ1) is 15.3. The van der Waals surface area contributed by atoms with Crippen molar-refractivity contribution in [2.45, 2.75) is 51.0 Å². The number of nitrogens with one attached hydrogen (secondary N) is 1. The number of rotatable bonds is 5. The first-order valence-electron chi connectivity index (χ1n) is 10.7. The summed E-state index contributed by atoms with van der Waals surface area (Å²) in [6, 6.07) is 11.3. The van der Waals surface area contributed by atoms with Crippen LogP contribution in [0.1, 0.15) is 56.1 Å². The van der Waals surface area contributed by atoms with Gasteiger partial charge in [-0.2, -0.15) is 0 Å². The molecule has 0 radical (unpaired) electrons. The summed E-state index contributed by atoms with van der Waals surface area (Å²) in [5.41, 5.74) is 3.15. The fourth-order valence-corrected chi connectivity index (χ4v) is 4.98. The molecule has 0 aromatic heterocycles. The first-order valence-corrected chi connectivity index (χ1v) is 11.4. The summed E-state index contributed by atoms with van der Waals surface area (Å²) < 4.78 is 11.4. The summed E-state index contributed by atoms with van der Waals surface area (Å²) in [6.07, 6.45) is 1.24. The minimum absolute atomic E-state index is 0.00510. The Labute approximate surface area is 195 Å². The lowest BCUT2D eigenvalue weighted by atomic mass is 9.73. The Morgan fingerprint density at radius 2 is 1.78 bits per heavy atom. The number of benzene rings is 2. The summed E-state index contributed by atoms with van der Waals surface area (Å²) in [7, 11) is 1.47. The van der Waals surface area contributed by atoms with E-state index in [4.69, 9.17) is 9.47 Å². The zero-order chi connectivity index (χ0) is 23.0. The molecule has 1 heterocycles. The second-order valence-corrected chi connectivity index (χ2v) is 9.37. The number of hydrogen-bond acceptors (Lipinski definition) is 5. The van der Waals surface area contributed by atoms with Gasteiger partial charge in [0.05, 0.1) is 17.7 Å². The minimum Gasteiger partial charge on any atom is -0.503 e. The molecule has 0 saturated carbocycles. The molecular weight excluding hydrogens is 474 g/mol. The average molecular weight is 500 g/mol. The summed E-state index contributed by atoms with van der Waals surface area (Å²) in [5.74, 6) is 0.619. The molecule has 2 unspecified atom stereocenters. The summed E-state index contributed by atoms with van der Waals surface area (Å²) in [4.78, 5) is 25.8.